The highest BCUT2D eigenvalue weighted by molar-refractivity contribution is 6.30. The van der Waals surface area contributed by atoms with Crippen LogP contribution < -0.4 is 5.32 Å². The molecular weight excluding hydrogens is 412 g/mol. The first-order valence-electron chi connectivity index (χ1n) is 10.5. The van der Waals surface area contributed by atoms with Gasteiger partial charge < -0.3 is 10.1 Å². The Hall–Kier alpha value is -3.03. The summed E-state index contributed by atoms with van der Waals surface area (Å²) >= 11 is 5.97. The number of pyridine rings is 1. The molecule has 0 saturated carbocycles. The third kappa shape index (κ3) is 4.68. The van der Waals surface area contributed by atoms with Crippen LogP contribution in [0.15, 0.2) is 54.9 Å². The monoisotopic (exact) mass is 434 g/mol. The van der Waals surface area contributed by atoms with Crippen molar-refractivity contribution in [1.82, 2.24) is 24.6 Å². The van der Waals surface area contributed by atoms with E-state index >= 15 is 0 Å². The van der Waals surface area contributed by atoms with E-state index in [1.807, 2.05) is 53.1 Å². The molecule has 4 heterocycles. The molecule has 1 aliphatic heterocycles. The Balaban J connectivity index is 1.32. The number of benzene rings is 1. The van der Waals surface area contributed by atoms with Gasteiger partial charge in [-0.15, -0.1) is 10.2 Å². The minimum absolute atomic E-state index is 0.353. The molecule has 8 heteroatoms. The van der Waals surface area contributed by atoms with E-state index in [0.29, 0.717) is 12.0 Å². The average molecular weight is 435 g/mol. The van der Waals surface area contributed by atoms with Gasteiger partial charge in [-0.2, -0.15) is 0 Å². The quantitative estimate of drug-likeness (QED) is 0.489. The zero-order valence-corrected chi connectivity index (χ0v) is 17.8. The molecule has 4 aromatic rings. The van der Waals surface area contributed by atoms with E-state index in [2.05, 4.69) is 20.5 Å². The maximum Gasteiger partial charge on any atom is 0.223 e. The first-order valence-corrected chi connectivity index (χ1v) is 10.9. The van der Waals surface area contributed by atoms with E-state index in [1.54, 1.807) is 6.20 Å². The molecule has 158 valence electrons. The van der Waals surface area contributed by atoms with Crippen molar-refractivity contribution in [2.75, 3.05) is 18.5 Å². The lowest BCUT2D eigenvalue weighted by molar-refractivity contribution is 0.0903. The number of fused-ring (bicyclic) bond motifs is 1. The molecule has 1 saturated heterocycles. The second-order valence-corrected chi connectivity index (χ2v) is 8.12. The molecule has 0 amide bonds. The predicted octanol–water partition coefficient (Wildman–Crippen LogP) is 4.22. The highest BCUT2D eigenvalue weighted by Crippen LogP contribution is 2.21. The Bertz CT molecular complexity index is 1170. The van der Waals surface area contributed by atoms with Crippen molar-refractivity contribution in [2.45, 2.75) is 31.7 Å². The summed E-state index contributed by atoms with van der Waals surface area (Å²) in [5.41, 5.74) is 3.88. The van der Waals surface area contributed by atoms with Crippen LogP contribution >= 0.6 is 11.6 Å². The Morgan fingerprint density at radius 1 is 1.03 bits per heavy atom. The van der Waals surface area contributed by atoms with Crippen LogP contribution in [0.3, 0.4) is 0 Å². The summed E-state index contributed by atoms with van der Waals surface area (Å²) < 4.78 is 7.45. The largest absolute Gasteiger partial charge is 0.381 e. The van der Waals surface area contributed by atoms with E-state index in [9.17, 15) is 0 Å². The summed E-state index contributed by atoms with van der Waals surface area (Å²) in [7, 11) is 0. The molecule has 1 fully saturated rings. The van der Waals surface area contributed by atoms with Gasteiger partial charge in [-0.05, 0) is 55.2 Å². The van der Waals surface area contributed by atoms with Crippen molar-refractivity contribution in [1.29, 1.82) is 0 Å². The maximum atomic E-state index is 5.97. The van der Waals surface area contributed by atoms with Crippen LogP contribution in [-0.4, -0.2) is 43.8 Å². The molecule has 7 nitrogen and oxygen atoms in total. The summed E-state index contributed by atoms with van der Waals surface area (Å²) in [6.45, 7) is 1.56. The zero-order valence-electron chi connectivity index (χ0n) is 17.0. The van der Waals surface area contributed by atoms with E-state index in [0.717, 1.165) is 66.6 Å². The van der Waals surface area contributed by atoms with Crippen LogP contribution in [0.1, 0.15) is 24.2 Å². The van der Waals surface area contributed by atoms with Gasteiger partial charge in [0.1, 0.15) is 5.82 Å². The van der Waals surface area contributed by atoms with Gasteiger partial charge in [0.25, 0.3) is 0 Å². The number of aryl methyl sites for hydroxylation is 2. The summed E-state index contributed by atoms with van der Waals surface area (Å²) in [4.78, 5) is 9.08. The van der Waals surface area contributed by atoms with Gasteiger partial charge in [-0.25, -0.2) is 9.97 Å². The molecule has 0 spiro atoms. The van der Waals surface area contributed by atoms with E-state index in [-0.39, 0.29) is 0 Å². The number of hydrogen-bond acceptors (Lipinski definition) is 6. The normalized spacial score (nSPS) is 14.7. The summed E-state index contributed by atoms with van der Waals surface area (Å²) in [6, 6.07) is 14.2. The lowest BCUT2D eigenvalue weighted by Crippen LogP contribution is -2.28. The molecule has 0 atom stereocenters. The number of nitrogens with one attached hydrogen (secondary N) is 1. The molecule has 1 N–H and O–H groups in total. The fourth-order valence-corrected chi connectivity index (χ4v) is 3.92. The predicted molar refractivity (Wildman–Crippen MR) is 120 cm³/mol. The van der Waals surface area contributed by atoms with E-state index in [1.165, 1.54) is 5.56 Å². The molecule has 1 aromatic carbocycles. The van der Waals surface area contributed by atoms with Gasteiger partial charge in [0.2, 0.25) is 5.95 Å². The van der Waals surface area contributed by atoms with Gasteiger partial charge >= 0.3 is 0 Å². The van der Waals surface area contributed by atoms with Crippen molar-refractivity contribution >= 4 is 23.2 Å². The van der Waals surface area contributed by atoms with Gasteiger partial charge in [0, 0.05) is 48.7 Å². The Labute approximate surface area is 185 Å². The average Bonchev–Trinajstić information content (AvgIpc) is 3.22. The van der Waals surface area contributed by atoms with Crippen molar-refractivity contribution in [3.05, 3.63) is 71.3 Å². The van der Waals surface area contributed by atoms with Crippen LogP contribution in [0.2, 0.25) is 5.02 Å². The molecular formula is C23H23ClN6O. The third-order valence-electron chi connectivity index (χ3n) is 5.54. The lowest BCUT2D eigenvalue weighted by Gasteiger charge is -2.23. The second kappa shape index (κ2) is 8.99. The summed E-state index contributed by atoms with van der Waals surface area (Å²) in [5.74, 6) is 1.58. The number of halogens is 1. The van der Waals surface area contributed by atoms with Crippen LogP contribution in [0, 0.1) is 0 Å². The number of aromatic nitrogens is 5. The SMILES string of the molecule is Clc1ccc(CCc2nnc3cc(-c4ccnc(NC5CCOCC5)n4)ccn23)cc1. The Morgan fingerprint density at radius 2 is 1.87 bits per heavy atom. The van der Waals surface area contributed by atoms with Crippen molar-refractivity contribution in [3.63, 3.8) is 0 Å². The highest BCUT2D eigenvalue weighted by atomic mass is 35.5. The first-order chi connectivity index (χ1) is 15.2. The molecule has 0 radical (unpaired) electrons. The van der Waals surface area contributed by atoms with E-state index < -0.39 is 0 Å². The van der Waals surface area contributed by atoms with E-state index in [4.69, 9.17) is 21.3 Å². The molecule has 3 aromatic heterocycles. The molecule has 5 rings (SSSR count). The van der Waals surface area contributed by atoms with Gasteiger partial charge in [0.05, 0.1) is 5.69 Å². The first kappa shape index (κ1) is 19.9. The van der Waals surface area contributed by atoms with Crippen LogP contribution in [-0.2, 0) is 17.6 Å². The molecule has 0 bridgehead atoms. The standard InChI is InChI=1S/C23H23ClN6O/c24-18-4-1-16(2-5-18)3-6-21-28-29-22-15-17(8-12-30(21)22)20-7-11-25-23(27-20)26-19-9-13-31-14-10-19/h1-2,4-5,7-8,11-12,15,19H,3,6,9-10,13-14H2,(H,25,26,27). The fourth-order valence-electron chi connectivity index (χ4n) is 3.79. The number of anilines is 1. The number of nitrogens with zero attached hydrogens (tertiary/aromatic N) is 5. The fraction of sp³-hybridized carbons (Fsp3) is 0.304. The van der Waals surface area contributed by atoms with Crippen molar-refractivity contribution in [3.8, 4) is 11.3 Å². The van der Waals surface area contributed by atoms with Crippen molar-refractivity contribution < 1.29 is 4.74 Å². The van der Waals surface area contributed by atoms with Crippen LogP contribution in [0.4, 0.5) is 5.95 Å². The van der Waals surface area contributed by atoms with Crippen LogP contribution in [0.5, 0.6) is 0 Å². The summed E-state index contributed by atoms with van der Waals surface area (Å²) in [6.07, 6.45) is 7.42. The topological polar surface area (TPSA) is 77.2 Å². The molecule has 0 aliphatic carbocycles. The minimum Gasteiger partial charge on any atom is -0.381 e. The highest BCUT2D eigenvalue weighted by Gasteiger charge is 2.15. The van der Waals surface area contributed by atoms with Gasteiger partial charge in [-0.1, -0.05) is 23.7 Å². The lowest BCUT2D eigenvalue weighted by atomic mass is 10.1. The summed E-state index contributed by atoms with van der Waals surface area (Å²) in [5, 5.41) is 12.9. The Kier molecular flexibility index (Phi) is 5.78. The smallest absolute Gasteiger partial charge is 0.223 e. The Morgan fingerprint density at radius 3 is 2.71 bits per heavy atom. The van der Waals surface area contributed by atoms with Crippen LogP contribution in [0.25, 0.3) is 16.9 Å². The molecule has 1 aliphatic rings. The number of rotatable bonds is 6. The third-order valence-corrected chi connectivity index (χ3v) is 5.79. The number of ether oxygens (including phenoxy) is 1. The molecule has 31 heavy (non-hydrogen) atoms. The zero-order chi connectivity index (χ0) is 21.0. The maximum absolute atomic E-state index is 5.97. The van der Waals surface area contributed by atoms with Gasteiger partial charge in [0.15, 0.2) is 5.65 Å². The van der Waals surface area contributed by atoms with Gasteiger partial charge in [-0.3, -0.25) is 4.40 Å². The minimum atomic E-state index is 0.353. The second-order valence-electron chi connectivity index (χ2n) is 7.68. The molecule has 0 unspecified atom stereocenters. The van der Waals surface area contributed by atoms with Crippen molar-refractivity contribution in [2.24, 2.45) is 0 Å². The number of hydrogen-bond donors (Lipinski definition) is 1.